The van der Waals surface area contributed by atoms with E-state index in [4.69, 9.17) is 14.2 Å². The summed E-state index contributed by atoms with van der Waals surface area (Å²) in [5.41, 5.74) is 1.47. The molecular formula is C22H18FN3O3. The Morgan fingerprint density at radius 1 is 0.828 bits per heavy atom. The average molecular weight is 391 g/mol. The lowest BCUT2D eigenvalue weighted by Crippen LogP contribution is -1.98. The summed E-state index contributed by atoms with van der Waals surface area (Å²) in [5, 5.41) is 4.05. The van der Waals surface area contributed by atoms with Crippen LogP contribution >= 0.6 is 0 Å². The Hall–Kier alpha value is -3.87. The van der Waals surface area contributed by atoms with Crippen molar-refractivity contribution >= 4 is 22.4 Å². The highest BCUT2D eigenvalue weighted by Gasteiger charge is 2.11. The first-order valence-corrected chi connectivity index (χ1v) is 8.83. The Bertz CT molecular complexity index is 1170. The number of anilines is 2. The molecule has 0 spiro atoms. The molecule has 0 unspecified atom stereocenters. The highest BCUT2D eigenvalue weighted by atomic mass is 19.1. The molecule has 1 aromatic heterocycles. The number of fused-ring (bicyclic) bond motifs is 1. The van der Waals surface area contributed by atoms with E-state index in [1.807, 2.05) is 18.2 Å². The van der Waals surface area contributed by atoms with E-state index in [1.165, 1.54) is 18.5 Å². The molecule has 0 amide bonds. The summed E-state index contributed by atoms with van der Waals surface area (Å²) >= 11 is 0. The lowest BCUT2D eigenvalue weighted by atomic mass is 10.2. The number of aromatic nitrogens is 2. The maximum Gasteiger partial charge on any atom is 0.162 e. The van der Waals surface area contributed by atoms with Crippen LogP contribution in [0.1, 0.15) is 0 Å². The summed E-state index contributed by atoms with van der Waals surface area (Å²) in [4.78, 5) is 8.65. The normalized spacial score (nSPS) is 10.6. The second-order valence-corrected chi connectivity index (χ2v) is 6.16. The number of halogens is 1. The fourth-order valence-electron chi connectivity index (χ4n) is 2.92. The molecule has 29 heavy (non-hydrogen) atoms. The monoisotopic (exact) mass is 391 g/mol. The molecule has 0 fully saturated rings. The minimum Gasteiger partial charge on any atom is -0.493 e. The van der Waals surface area contributed by atoms with Crippen molar-refractivity contribution in [2.24, 2.45) is 0 Å². The summed E-state index contributed by atoms with van der Waals surface area (Å²) in [6.07, 6.45) is 1.48. The Kier molecular flexibility index (Phi) is 5.11. The van der Waals surface area contributed by atoms with E-state index >= 15 is 0 Å². The van der Waals surface area contributed by atoms with Gasteiger partial charge in [-0.2, -0.15) is 0 Å². The second-order valence-electron chi connectivity index (χ2n) is 6.16. The quantitative estimate of drug-likeness (QED) is 0.480. The molecule has 146 valence electrons. The molecule has 4 aromatic rings. The van der Waals surface area contributed by atoms with Crippen LogP contribution in [0.2, 0.25) is 0 Å². The van der Waals surface area contributed by atoms with Gasteiger partial charge in [-0.1, -0.05) is 12.1 Å². The van der Waals surface area contributed by atoms with Crippen molar-refractivity contribution in [3.05, 3.63) is 72.8 Å². The molecular weight excluding hydrogens is 373 g/mol. The summed E-state index contributed by atoms with van der Waals surface area (Å²) in [6, 6.07) is 16.9. The first kappa shape index (κ1) is 18.5. The highest BCUT2D eigenvalue weighted by Crippen LogP contribution is 2.35. The number of hydrogen-bond donors (Lipinski definition) is 1. The molecule has 0 aliphatic heterocycles. The first-order chi connectivity index (χ1) is 14.2. The molecule has 3 aromatic carbocycles. The number of rotatable bonds is 6. The van der Waals surface area contributed by atoms with Crippen LogP contribution in [0.5, 0.6) is 23.0 Å². The van der Waals surface area contributed by atoms with Gasteiger partial charge in [-0.3, -0.25) is 0 Å². The van der Waals surface area contributed by atoms with Gasteiger partial charge in [-0.05, 0) is 30.3 Å². The number of nitrogens with zero attached hydrogens (tertiary/aromatic N) is 2. The van der Waals surface area contributed by atoms with Gasteiger partial charge in [0.05, 0.1) is 19.7 Å². The smallest absolute Gasteiger partial charge is 0.162 e. The van der Waals surface area contributed by atoms with Crippen LogP contribution in [0.3, 0.4) is 0 Å². The SMILES string of the molecule is COc1cc2ncnc(Nc3cccc(Oc4cccc(F)c4)c3)c2cc1OC. The van der Waals surface area contributed by atoms with Crippen molar-refractivity contribution in [2.45, 2.75) is 0 Å². The number of methoxy groups -OCH3 is 2. The van der Waals surface area contributed by atoms with Crippen LogP contribution in [-0.4, -0.2) is 24.2 Å². The summed E-state index contributed by atoms with van der Waals surface area (Å²) < 4.78 is 29.8. The molecule has 0 saturated carbocycles. The fourth-order valence-corrected chi connectivity index (χ4v) is 2.92. The van der Waals surface area contributed by atoms with Crippen LogP contribution in [0.25, 0.3) is 10.9 Å². The van der Waals surface area contributed by atoms with Crippen molar-refractivity contribution in [1.82, 2.24) is 9.97 Å². The molecule has 0 atom stereocenters. The predicted octanol–water partition coefficient (Wildman–Crippen LogP) is 5.32. The molecule has 0 aliphatic carbocycles. The number of ether oxygens (including phenoxy) is 3. The maximum atomic E-state index is 13.4. The molecule has 0 bridgehead atoms. The lowest BCUT2D eigenvalue weighted by Gasteiger charge is -2.13. The van der Waals surface area contributed by atoms with Crippen molar-refractivity contribution in [1.29, 1.82) is 0 Å². The summed E-state index contributed by atoms with van der Waals surface area (Å²) in [6.45, 7) is 0. The van der Waals surface area contributed by atoms with E-state index in [1.54, 1.807) is 44.6 Å². The van der Waals surface area contributed by atoms with Crippen molar-refractivity contribution < 1.29 is 18.6 Å². The van der Waals surface area contributed by atoms with Crippen molar-refractivity contribution in [2.75, 3.05) is 19.5 Å². The van der Waals surface area contributed by atoms with Crippen molar-refractivity contribution in [3.8, 4) is 23.0 Å². The van der Waals surface area contributed by atoms with Gasteiger partial charge in [0, 0.05) is 29.3 Å². The Morgan fingerprint density at radius 3 is 2.31 bits per heavy atom. The van der Waals surface area contributed by atoms with Crippen LogP contribution < -0.4 is 19.5 Å². The van der Waals surface area contributed by atoms with Crippen molar-refractivity contribution in [3.63, 3.8) is 0 Å². The van der Waals surface area contributed by atoms with Gasteiger partial charge in [-0.25, -0.2) is 14.4 Å². The van der Waals surface area contributed by atoms with Gasteiger partial charge in [0.2, 0.25) is 0 Å². The van der Waals surface area contributed by atoms with Gasteiger partial charge in [0.1, 0.15) is 29.5 Å². The molecule has 1 heterocycles. The number of hydrogen-bond acceptors (Lipinski definition) is 6. The van der Waals surface area contributed by atoms with Gasteiger partial charge >= 0.3 is 0 Å². The fraction of sp³-hybridized carbons (Fsp3) is 0.0909. The molecule has 0 aliphatic rings. The Labute approximate surface area is 166 Å². The van der Waals surface area contributed by atoms with Gasteiger partial charge in [0.15, 0.2) is 11.5 Å². The lowest BCUT2D eigenvalue weighted by molar-refractivity contribution is 0.356. The zero-order chi connectivity index (χ0) is 20.2. The molecule has 7 heteroatoms. The predicted molar refractivity (Wildman–Crippen MR) is 109 cm³/mol. The largest absolute Gasteiger partial charge is 0.493 e. The van der Waals surface area contributed by atoms with Crippen LogP contribution in [0, 0.1) is 5.82 Å². The molecule has 0 radical (unpaired) electrons. The third-order valence-electron chi connectivity index (χ3n) is 4.27. The van der Waals surface area contributed by atoms with E-state index in [-0.39, 0.29) is 5.82 Å². The zero-order valence-electron chi connectivity index (χ0n) is 15.8. The van der Waals surface area contributed by atoms with Gasteiger partial charge < -0.3 is 19.5 Å². The number of nitrogens with one attached hydrogen (secondary N) is 1. The van der Waals surface area contributed by atoms with Crippen LogP contribution in [0.4, 0.5) is 15.9 Å². The van der Waals surface area contributed by atoms with E-state index in [2.05, 4.69) is 15.3 Å². The number of benzene rings is 3. The third-order valence-corrected chi connectivity index (χ3v) is 4.27. The average Bonchev–Trinajstić information content (AvgIpc) is 2.73. The van der Waals surface area contributed by atoms with Gasteiger partial charge in [-0.15, -0.1) is 0 Å². The van der Waals surface area contributed by atoms with E-state index in [0.717, 1.165) is 11.1 Å². The second kappa shape index (κ2) is 8.02. The molecule has 6 nitrogen and oxygen atoms in total. The Balaban J connectivity index is 1.65. The topological polar surface area (TPSA) is 65.5 Å². The van der Waals surface area contributed by atoms with Crippen LogP contribution in [0.15, 0.2) is 67.0 Å². The highest BCUT2D eigenvalue weighted by molar-refractivity contribution is 5.93. The standard InChI is InChI=1S/C22H18FN3O3/c1-27-20-11-18-19(12-21(20)28-2)24-13-25-22(18)26-15-6-4-8-17(10-15)29-16-7-3-5-14(23)9-16/h3-13H,1-2H3,(H,24,25,26). The molecule has 1 N–H and O–H groups in total. The minimum absolute atomic E-state index is 0.353. The molecule has 0 saturated heterocycles. The van der Waals surface area contributed by atoms with Gasteiger partial charge in [0.25, 0.3) is 0 Å². The van der Waals surface area contributed by atoms with E-state index in [9.17, 15) is 4.39 Å². The zero-order valence-corrected chi connectivity index (χ0v) is 15.8. The maximum absolute atomic E-state index is 13.4. The van der Waals surface area contributed by atoms with E-state index < -0.39 is 0 Å². The first-order valence-electron chi connectivity index (χ1n) is 8.83. The molecule has 4 rings (SSSR count). The third kappa shape index (κ3) is 4.03. The summed E-state index contributed by atoms with van der Waals surface area (Å²) in [7, 11) is 3.15. The van der Waals surface area contributed by atoms with E-state index in [0.29, 0.717) is 34.3 Å². The van der Waals surface area contributed by atoms with Crippen LogP contribution in [-0.2, 0) is 0 Å². The summed E-state index contributed by atoms with van der Waals surface area (Å²) in [5.74, 6) is 2.42. The minimum atomic E-state index is -0.353. The Morgan fingerprint density at radius 2 is 1.55 bits per heavy atom.